The highest BCUT2D eigenvalue weighted by Crippen LogP contribution is 2.47. The highest BCUT2D eigenvalue weighted by atomic mass is 79.9. The number of likely N-dealkylation sites (tertiary alicyclic amines) is 4. The molecule has 0 aliphatic carbocycles. The maximum atomic E-state index is 6.62. The van der Waals surface area contributed by atoms with Gasteiger partial charge in [-0.15, -0.1) is 0 Å². The third-order valence-corrected chi connectivity index (χ3v) is 25.2. The second kappa shape index (κ2) is 38.6. The molecule has 8 aromatic rings. The van der Waals surface area contributed by atoms with Crippen molar-refractivity contribution in [1.82, 2.24) is 54.0 Å². The maximum absolute atomic E-state index is 6.62. The fraction of sp³-hybridized carbons (Fsp3) is 0.571. The highest BCUT2D eigenvalue weighted by Gasteiger charge is 2.43. The molecule has 0 saturated carbocycles. The first-order valence-electron chi connectivity index (χ1n) is 37.1. The number of nitrogens with zero attached hydrogens (tertiary/aromatic N) is 11. The molecule has 4 bridgehead atoms. The maximum Gasteiger partial charge on any atom is 0.129 e. The number of fused-ring (bicyclic) bond motifs is 6. The minimum absolute atomic E-state index is 0. The van der Waals surface area contributed by atoms with E-state index >= 15 is 0 Å². The predicted octanol–water partition coefficient (Wildman–Crippen LogP) is 19.7. The van der Waals surface area contributed by atoms with Crippen LogP contribution in [-0.2, 0) is 36.0 Å². The van der Waals surface area contributed by atoms with E-state index in [1.165, 1.54) is 77.9 Å². The average molecular weight is 1510 g/mol. The monoisotopic (exact) mass is 1510 g/mol. The van der Waals surface area contributed by atoms with Crippen LogP contribution >= 0.6 is 15.9 Å². The van der Waals surface area contributed by atoms with E-state index in [0.29, 0.717) is 25.5 Å². The third kappa shape index (κ3) is 20.9. The van der Waals surface area contributed by atoms with Crippen LogP contribution in [0.15, 0.2) is 126 Å². The summed E-state index contributed by atoms with van der Waals surface area (Å²) in [5, 5.41) is 3.58. The fourth-order valence-electron chi connectivity index (χ4n) is 16.2. The lowest BCUT2D eigenvalue weighted by molar-refractivity contribution is 0.0497. The number of benzene rings is 4. The number of para-hydroxylation sites is 2. The van der Waals surface area contributed by atoms with Crippen LogP contribution in [0.2, 0.25) is 51.4 Å². The van der Waals surface area contributed by atoms with Gasteiger partial charge in [0.1, 0.15) is 36.6 Å². The van der Waals surface area contributed by atoms with E-state index in [0.717, 1.165) is 152 Å². The van der Waals surface area contributed by atoms with Crippen molar-refractivity contribution in [3.8, 4) is 11.5 Å². The van der Waals surface area contributed by atoms with Crippen LogP contribution in [0.25, 0.3) is 22.1 Å². The number of aryl methyl sites for hydroxylation is 2. The van der Waals surface area contributed by atoms with E-state index < -0.39 is 16.1 Å². The second-order valence-electron chi connectivity index (χ2n) is 31.0. The zero-order chi connectivity index (χ0) is 70.0. The molecule has 14 rings (SSSR count). The molecule has 4 aromatic heterocycles. The molecule has 6 aliphatic heterocycles. The van der Waals surface area contributed by atoms with Crippen LogP contribution in [0, 0.1) is 13.8 Å². The Kier molecular flexibility index (Phi) is 31.6. The van der Waals surface area contributed by atoms with Crippen LogP contribution in [0.5, 0.6) is 11.5 Å². The summed E-state index contributed by atoms with van der Waals surface area (Å²) in [5.74, 6) is 3.95. The Hall–Kier alpha value is -5.85. The number of anilines is 1. The van der Waals surface area contributed by atoms with Crippen LogP contribution < -0.4 is 19.7 Å². The predicted molar refractivity (Wildman–Crippen MR) is 442 cm³/mol. The van der Waals surface area contributed by atoms with Gasteiger partial charge in [-0.1, -0.05) is 131 Å². The van der Waals surface area contributed by atoms with E-state index in [9.17, 15) is 0 Å². The molecule has 103 heavy (non-hydrogen) atoms. The first-order chi connectivity index (χ1) is 47.8. The quantitative estimate of drug-likeness (QED) is 0.0542. The van der Waals surface area contributed by atoms with Crippen LogP contribution in [0.1, 0.15) is 177 Å². The molecule has 6 saturated heterocycles. The Morgan fingerprint density at radius 2 is 0.913 bits per heavy atom. The standard InChI is InChI=1S/C39H54N6O2Si.C32H41BrN4O2Si.C7H14N2.C2H6.4CH4/c1-28-10-9-21-40-37(28)34-12-8-14-36(43(34)24-29-15-19-32(46-3)20-16-29)39-41-33-11-7-13-35(45-30-17-18-31(45)26-42(2)25-30)38(33)44(39)27-47-22-23-48(4,5)6;1-23-9-8-18-34-30(23)28-12-7-13-29(36(28)21-24-14-16-25(38-2)17-15-24)32-35-27-11-6-10-26(33)31(27)37(32)22-39-19-20-40(3,4)5;1-9-4-6-2-3-7(5-9)8-6;1-2;;;;/h7,9-11,13,15-16,19-21,30-31,34,36H,8,12,14,17-18,22-27H2,1-6H3;6,8-11,14-18,28-29H,7,12-13,19-22H2,1-5H3;6-8H,2-5H2,1H3;1-2H3;4*1H4/t30?,31?,34-,36+;28-,29+;;;;;;/m00....../s1. The Bertz CT molecular complexity index is 3850. The SMILES string of the molecule is C.C.C.C.CC.CN1CC2CCC(C1)N2.COc1ccc(CN2[C@@H](c3nc4cccc(Br)c4n3COCC[Si](C)(C)C)CCC[C@H]2c2ncccc2C)cc1.COc1ccc(CN2[C@@H](c3nc4cccc(N5C6CCC5CN(C)C6)c4n3COCC[Si](C)(C)C)CCC[C@H]2c2ncccc2C)cc1. The largest absolute Gasteiger partial charge is 0.497 e. The summed E-state index contributed by atoms with van der Waals surface area (Å²) in [7, 11) is 5.51. The molecule has 0 radical (unpaired) electrons. The van der Waals surface area contributed by atoms with Crippen molar-refractivity contribution in [3.63, 3.8) is 0 Å². The number of methoxy groups -OCH3 is 2. The Morgan fingerprint density at radius 3 is 1.35 bits per heavy atom. The van der Waals surface area contributed by atoms with Crippen LogP contribution in [0.3, 0.4) is 0 Å². The summed E-state index contributed by atoms with van der Waals surface area (Å²) in [5.41, 5.74) is 13.1. The van der Waals surface area contributed by atoms with Gasteiger partial charge in [0.05, 0.1) is 77.5 Å². The smallest absolute Gasteiger partial charge is 0.129 e. The molecule has 16 nitrogen and oxygen atoms in total. The van der Waals surface area contributed by atoms with Gasteiger partial charge in [-0.25, -0.2) is 9.97 Å². The summed E-state index contributed by atoms with van der Waals surface area (Å²) >= 11 is 3.82. The minimum atomic E-state index is -1.23. The van der Waals surface area contributed by atoms with Crippen molar-refractivity contribution >= 4 is 59.8 Å². The van der Waals surface area contributed by atoms with Gasteiger partial charge in [0.25, 0.3) is 0 Å². The Morgan fingerprint density at radius 1 is 0.495 bits per heavy atom. The summed E-state index contributed by atoms with van der Waals surface area (Å²) in [6.45, 7) is 31.8. The highest BCUT2D eigenvalue weighted by molar-refractivity contribution is 9.10. The van der Waals surface area contributed by atoms with Gasteiger partial charge in [0, 0.05) is 110 Å². The van der Waals surface area contributed by atoms with Crippen molar-refractivity contribution in [1.29, 1.82) is 0 Å². The third-order valence-electron chi connectivity index (χ3n) is 21.2. The van der Waals surface area contributed by atoms with Crippen molar-refractivity contribution in [2.45, 2.75) is 248 Å². The zero-order valence-electron chi connectivity index (χ0n) is 62.2. The van der Waals surface area contributed by atoms with Crippen molar-refractivity contribution in [2.24, 2.45) is 0 Å². The summed E-state index contributed by atoms with van der Waals surface area (Å²) in [4.78, 5) is 33.7. The normalized spacial score (nSPS) is 22.0. The molecular formula is C84H131BrN12O4Si2. The minimum Gasteiger partial charge on any atom is -0.497 e. The molecule has 0 spiro atoms. The molecular weight excluding hydrogens is 1380 g/mol. The Labute approximate surface area is 632 Å². The molecule has 6 fully saturated rings. The first kappa shape index (κ1) is 84.4. The second-order valence-corrected chi connectivity index (χ2v) is 43.1. The van der Waals surface area contributed by atoms with Gasteiger partial charge in [-0.3, -0.25) is 19.8 Å². The van der Waals surface area contributed by atoms with Crippen LogP contribution in [0.4, 0.5) is 5.69 Å². The molecule has 4 unspecified atom stereocenters. The zero-order valence-corrected chi connectivity index (χ0v) is 65.7. The number of aromatic nitrogens is 6. The summed E-state index contributed by atoms with van der Waals surface area (Å²) < 4.78 is 29.7. The number of ether oxygens (including phenoxy) is 4. The number of halogens is 1. The fourth-order valence-corrected chi connectivity index (χ4v) is 18.3. The first-order valence-corrected chi connectivity index (χ1v) is 45.3. The number of pyridine rings is 2. The molecule has 6 aliphatic rings. The van der Waals surface area contributed by atoms with Crippen LogP contribution in [-0.4, -0.2) is 157 Å². The number of nitrogens with one attached hydrogen (secondary N) is 1. The van der Waals surface area contributed by atoms with E-state index in [1.807, 2.05) is 44.4 Å². The number of piperazine rings is 2. The van der Waals surface area contributed by atoms with E-state index in [2.05, 4.69) is 213 Å². The van der Waals surface area contributed by atoms with Crippen molar-refractivity contribution in [2.75, 3.05) is 72.6 Å². The molecule has 8 atom stereocenters. The lowest BCUT2D eigenvalue weighted by atomic mass is 9.90. The lowest BCUT2D eigenvalue weighted by Crippen LogP contribution is -2.52. The van der Waals surface area contributed by atoms with E-state index in [-0.39, 0.29) is 53.9 Å². The molecule has 0 amide bonds. The van der Waals surface area contributed by atoms with Gasteiger partial charge >= 0.3 is 0 Å². The number of imidazole rings is 2. The lowest BCUT2D eigenvalue weighted by Gasteiger charge is -2.42. The number of hydrogen-bond acceptors (Lipinski definition) is 14. The van der Waals surface area contributed by atoms with Crippen molar-refractivity contribution in [3.05, 3.63) is 171 Å². The summed E-state index contributed by atoms with van der Waals surface area (Å²) in [6.07, 6.45) is 15.7. The average Bonchev–Trinajstić information content (AvgIpc) is 1.63. The van der Waals surface area contributed by atoms with E-state index in [4.69, 9.17) is 38.9 Å². The van der Waals surface area contributed by atoms with Gasteiger partial charge in [0.2, 0.25) is 0 Å². The van der Waals surface area contributed by atoms with Gasteiger partial charge in [-0.2, -0.15) is 0 Å². The van der Waals surface area contributed by atoms with E-state index in [1.54, 1.807) is 14.2 Å². The molecule has 1 N–H and O–H groups in total. The van der Waals surface area contributed by atoms with Gasteiger partial charge in [-0.05, 0) is 203 Å². The number of likely N-dealkylation sites (N-methyl/N-ethyl adjacent to an activating group) is 2. The molecule has 566 valence electrons. The van der Waals surface area contributed by atoms with Gasteiger partial charge < -0.3 is 48.1 Å². The topological polar surface area (TPSA) is 127 Å². The van der Waals surface area contributed by atoms with Gasteiger partial charge in [0.15, 0.2) is 0 Å². The summed E-state index contributed by atoms with van der Waals surface area (Å²) in [6, 6.07) is 44.2. The Balaban J connectivity index is 0.000000245. The molecule has 19 heteroatoms. The molecule has 4 aromatic carbocycles. The number of hydrogen-bond donors (Lipinski definition) is 1. The number of piperidine rings is 2. The molecule has 10 heterocycles. The number of rotatable bonds is 21. The van der Waals surface area contributed by atoms with Crippen molar-refractivity contribution < 1.29 is 18.9 Å².